The van der Waals surface area contributed by atoms with E-state index in [9.17, 15) is 10.0 Å². The summed E-state index contributed by atoms with van der Waals surface area (Å²) in [6.45, 7) is 0.583. The first kappa shape index (κ1) is 14.2. The molecule has 1 amide bonds. The fourth-order valence-electron chi connectivity index (χ4n) is 2.84. The van der Waals surface area contributed by atoms with Gasteiger partial charge in [0.15, 0.2) is 12.0 Å². The highest BCUT2D eigenvalue weighted by molar-refractivity contribution is 5.90. The van der Waals surface area contributed by atoms with Crippen molar-refractivity contribution in [1.82, 2.24) is 30.3 Å². The molecule has 10 nitrogen and oxygen atoms in total. The van der Waals surface area contributed by atoms with Crippen molar-refractivity contribution in [1.29, 1.82) is 0 Å². The second kappa shape index (κ2) is 5.32. The number of carbonyl (C=O) groups is 1. The Balaban J connectivity index is 1.51. The predicted molar refractivity (Wildman–Crippen MR) is 79.2 cm³/mol. The van der Waals surface area contributed by atoms with Crippen molar-refractivity contribution in [2.24, 2.45) is 0 Å². The number of hydroxylamine groups is 1. The van der Waals surface area contributed by atoms with E-state index in [4.69, 9.17) is 0 Å². The zero-order chi connectivity index (χ0) is 16.0. The molecule has 0 radical (unpaired) electrons. The minimum atomic E-state index is -0.608. The van der Waals surface area contributed by atoms with Crippen LogP contribution in [0.4, 0.5) is 5.82 Å². The Morgan fingerprint density at radius 1 is 1.48 bits per heavy atom. The quantitative estimate of drug-likeness (QED) is 0.610. The number of aryl methyl sites for hydroxylation is 1. The van der Waals surface area contributed by atoms with Crippen LogP contribution in [-0.2, 0) is 6.54 Å². The Kier molecular flexibility index (Phi) is 3.27. The topological polar surface area (TPSA) is 119 Å². The summed E-state index contributed by atoms with van der Waals surface area (Å²) in [6, 6.07) is 1.98. The molecule has 1 aliphatic heterocycles. The molecule has 2 aromatic heterocycles. The van der Waals surface area contributed by atoms with Crippen LogP contribution >= 0.6 is 0 Å². The molecular formula is C13H18N8O2. The standard InChI is InChI=1S/C13H18N8O2/c1-19-11-6-9(8-2-3-8)18-20(11)5-4-10(21(19)23)16-13(22)12-14-7-15-17-12/h6-8,10,21H,2-5H2,1H3,(H,16,22)(H,14,15,17). The van der Waals surface area contributed by atoms with Gasteiger partial charge in [0.25, 0.3) is 5.91 Å². The fraction of sp³-hybridized carbons (Fsp3) is 0.538. The summed E-state index contributed by atoms with van der Waals surface area (Å²) in [4.78, 5) is 15.9. The van der Waals surface area contributed by atoms with Gasteiger partial charge in [0.1, 0.15) is 6.33 Å². The molecule has 3 N–H and O–H groups in total. The molecule has 2 aliphatic rings. The van der Waals surface area contributed by atoms with Gasteiger partial charge in [-0.25, -0.2) is 19.8 Å². The number of hydrogen-bond donors (Lipinski definition) is 3. The van der Waals surface area contributed by atoms with Crippen LogP contribution in [-0.4, -0.2) is 44.1 Å². The van der Waals surface area contributed by atoms with E-state index >= 15 is 0 Å². The van der Waals surface area contributed by atoms with Gasteiger partial charge in [-0.15, -0.1) is 0 Å². The highest BCUT2D eigenvalue weighted by Crippen LogP contribution is 2.40. The monoisotopic (exact) mass is 318 g/mol. The largest absolute Gasteiger partial charge is 0.606 e. The molecule has 0 bridgehead atoms. The number of amides is 1. The summed E-state index contributed by atoms with van der Waals surface area (Å²) in [5, 5.41) is 27.5. The number of aromatic amines is 1. The van der Waals surface area contributed by atoms with Crippen molar-refractivity contribution < 1.29 is 9.97 Å². The molecule has 1 fully saturated rings. The molecule has 2 unspecified atom stereocenters. The molecule has 1 saturated carbocycles. The molecular weight excluding hydrogens is 300 g/mol. The summed E-state index contributed by atoms with van der Waals surface area (Å²) in [6.07, 6.45) is 3.48. The van der Waals surface area contributed by atoms with Gasteiger partial charge in [0.2, 0.25) is 5.82 Å². The van der Waals surface area contributed by atoms with E-state index in [-0.39, 0.29) is 11.0 Å². The lowest BCUT2D eigenvalue weighted by Crippen LogP contribution is -3.19. The fourth-order valence-corrected chi connectivity index (χ4v) is 2.84. The van der Waals surface area contributed by atoms with E-state index in [0.717, 1.165) is 11.5 Å². The minimum absolute atomic E-state index is 0.0958. The number of H-pyrrole nitrogens is 1. The number of nitrogens with one attached hydrogen (secondary N) is 3. The lowest BCUT2D eigenvalue weighted by Gasteiger charge is -2.35. The first-order valence-corrected chi connectivity index (χ1v) is 7.65. The highest BCUT2D eigenvalue weighted by Gasteiger charge is 2.33. The van der Waals surface area contributed by atoms with Gasteiger partial charge in [0, 0.05) is 18.4 Å². The van der Waals surface area contributed by atoms with Gasteiger partial charge in [-0.3, -0.25) is 15.2 Å². The van der Waals surface area contributed by atoms with Crippen molar-refractivity contribution in [2.45, 2.75) is 37.9 Å². The van der Waals surface area contributed by atoms with Gasteiger partial charge >= 0.3 is 0 Å². The lowest BCUT2D eigenvalue weighted by atomic mass is 10.3. The normalized spacial score (nSPS) is 24.2. The number of nitrogens with zero attached hydrogens (tertiary/aromatic N) is 5. The van der Waals surface area contributed by atoms with Crippen LogP contribution in [0.1, 0.15) is 41.5 Å². The molecule has 23 heavy (non-hydrogen) atoms. The third-order valence-electron chi connectivity index (χ3n) is 4.31. The average Bonchev–Trinajstić information content (AvgIpc) is 3.12. The van der Waals surface area contributed by atoms with E-state index in [1.165, 1.54) is 19.2 Å². The Morgan fingerprint density at radius 3 is 3.00 bits per heavy atom. The smallest absolute Gasteiger partial charge is 0.293 e. The van der Waals surface area contributed by atoms with Gasteiger partial charge in [-0.1, -0.05) is 0 Å². The molecule has 0 aromatic carbocycles. The first-order chi connectivity index (χ1) is 11.1. The highest BCUT2D eigenvalue weighted by atomic mass is 16.6. The van der Waals surface area contributed by atoms with E-state index < -0.39 is 12.1 Å². The zero-order valence-corrected chi connectivity index (χ0v) is 12.7. The van der Waals surface area contributed by atoms with Gasteiger partial charge in [-0.2, -0.15) is 10.2 Å². The summed E-state index contributed by atoms with van der Waals surface area (Å²) in [7, 11) is 1.71. The maximum atomic E-state index is 12.6. The number of carbonyl (C=O) groups excluding carboxylic acids is 1. The van der Waals surface area contributed by atoms with E-state index in [1.807, 2.05) is 10.7 Å². The first-order valence-electron chi connectivity index (χ1n) is 7.65. The SMILES string of the molecule is CN1c2cc(C3CC3)nn2CCC(NC(=O)c2ncn[nH]2)[NH+]1[O-]. The second-order valence-corrected chi connectivity index (χ2v) is 5.97. The molecule has 0 spiro atoms. The molecule has 122 valence electrons. The summed E-state index contributed by atoms with van der Waals surface area (Å²) < 4.78 is 1.85. The summed E-state index contributed by atoms with van der Waals surface area (Å²) in [5.74, 6) is 0.985. The molecule has 10 heteroatoms. The maximum Gasteiger partial charge on any atom is 0.293 e. The predicted octanol–water partition coefficient (Wildman–Crippen LogP) is -1.23. The number of rotatable bonds is 3. The number of aromatic nitrogens is 5. The minimum Gasteiger partial charge on any atom is -0.606 e. The summed E-state index contributed by atoms with van der Waals surface area (Å²) in [5.41, 5.74) is 1.06. The van der Waals surface area contributed by atoms with Gasteiger partial charge in [0.05, 0.1) is 19.3 Å². The molecule has 1 aliphatic carbocycles. The van der Waals surface area contributed by atoms with Crippen LogP contribution in [0, 0.1) is 5.21 Å². The Labute approximate surface area is 132 Å². The maximum absolute atomic E-state index is 12.6. The molecule has 3 heterocycles. The number of hydrogen-bond acceptors (Lipinski definition) is 6. The summed E-state index contributed by atoms with van der Waals surface area (Å²) >= 11 is 0. The Hall–Kier alpha value is -2.46. The van der Waals surface area contributed by atoms with Crippen molar-refractivity contribution in [2.75, 3.05) is 12.1 Å². The number of fused-ring (bicyclic) bond motifs is 1. The zero-order valence-electron chi connectivity index (χ0n) is 12.7. The van der Waals surface area contributed by atoms with Crippen LogP contribution in [0.5, 0.6) is 0 Å². The molecule has 4 rings (SSSR count). The van der Waals surface area contributed by atoms with E-state index in [2.05, 4.69) is 25.6 Å². The Morgan fingerprint density at radius 2 is 2.30 bits per heavy atom. The molecule has 2 aromatic rings. The second-order valence-electron chi connectivity index (χ2n) is 5.97. The van der Waals surface area contributed by atoms with Crippen molar-refractivity contribution >= 4 is 11.7 Å². The van der Waals surface area contributed by atoms with E-state index in [1.54, 1.807) is 12.1 Å². The lowest BCUT2D eigenvalue weighted by molar-refractivity contribution is -0.885. The van der Waals surface area contributed by atoms with Crippen LogP contribution < -0.4 is 15.5 Å². The van der Waals surface area contributed by atoms with Crippen LogP contribution in [0.2, 0.25) is 0 Å². The van der Waals surface area contributed by atoms with Crippen LogP contribution in [0.15, 0.2) is 12.4 Å². The van der Waals surface area contributed by atoms with E-state index in [0.29, 0.717) is 18.9 Å². The number of quaternary nitrogens is 1. The van der Waals surface area contributed by atoms with Crippen molar-refractivity contribution in [3.05, 3.63) is 29.1 Å². The average molecular weight is 318 g/mol. The third-order valence-corrected chi connectivity index (χ3v) is 4.31. The van der Waals surface area contributed by atoms with Crippen molar-refractivity contribution in [3.63, 3.8) is 0 Å². The number of anilines is 1. The Bertz CT molecular complexity index is 708. The van der Waals surface area contributed by atoms with Gasteiger partial charge < -0.3 is 5.21 Å². The molecule has 2 atom stereocenters. The van der Waals surface area contributed by atoms with Crippen molar-refractivity contribution in [3.8, 4) is 0 Å². The third kappa shape index (κ3) is 2.55. The van der Waals surface area contributed by atoms with Crippen LogP contribution in [0.3, 0.4) is 0 Å². The van der Waals surface area contributed by atoms with Crippen LogP contribution in [0.25, 0.3) is 0 Å². The molecule has 0 saturated heterocycles. The van der Waals surface area contributed by atoms with Gasteiger partial charge in [-0.05, 0) is 12.8 Å².